The summed E-state index contributed by atoms with van der Waals surface area (Å²) in [6, 6.07) is 14.4. The predicted molar refractivity (Wildman–Crippen MR) is 107 cm³/mol. The minimum absolute atomic E-state index is 0.00897. The molecule has 2 aromatic carbocycles. The Hall–Kier alpha value is -3.50. The van der Waals surface area contributed by atoms with Gasteiger partial charge in [0.25, 0.3) is 5.69 Å². The first-order chi connectivity index (χ1) is 13.0. The van der Waals surface area contributed by atoms with Crippen molar-refractivity contribution < 1.29 is 4.92 Å². The highest BCUT2D eigenvalue weighted by Gasteiger charge is 2.12. The fraction of sp³-hybridized carbons (Fsp3) is 0.100. The minimum atomic E-state index is -0.439. The molecule has 0 saturated carbocycles. The van der Waals surface area contributed by atoms with Crippen LogP contribution < -0.4 is 5.32 Å². The van der Waals surface area contributed by atoms with E-state index in [1.807, 2.05) is 32.0 Å². The van der Waals surface area contributed by atoms with Crippen molar-refractivity contribution in [3.8, 4) is 17.3 Å². The molecule has 3 aromatic rings. The average molecular weight is 376 g/mol. The standard InChI is InChI=1S/C20H16N4O2S/c1-13-5-3-8-18(14(13)2)22-11-16(10-21)20-23-19(12-27-20)15-6-4-7-17(9-15)24(25)26/h3-9,11-12,22H,1-2H3/b16-11+. The molecule has 0 unspecified atom stereocenters. The van der Waals surface area contributed by atoms with Gasteiger partial charge in [0, 0.05) is 35.0 Å². The number of hydrogen-bond acceptors (Lipinski definition) is 6. The molecule has 1 N–H and O–H groups in total. The molecule has 0 spiro atoms. The second kappa shape index (κ2) is 7.81. The zero-order valence-corrected chi connectivity index (χ0v) is 15.6. The molecule has 0 saturated heterocycles. The molecule has 0 radical (unpaired) electrons. The van der Waals surface area contributed by atoms with E-state index in [2.05, 4.69) is 16.4 Å². The number of nitro benzene ring substituents is 1. The molecule has 0 aliphatic rings. The maximum absolute atomic E-state index is 10.9. The summed E-state index contributed by atoms with van der Waals surface area (Å²) in [5, 5.41) is 26.0. The van der Waals surface area contributed by atoms with E-state index >= 15 is 0 Å². The van der Waals surface area contributed by atoms with Crippen LogP contribution in [0.1, 0.15) is 16.1 Å². The zero-order valence-electron chi connectivity index (χ0n) is 14.8. The number of anilines is 1. The Bertz CT molecular complexity index is 1080. The number of nitriles is 1. The predicted octanol–water partition coefficient (Wildman–Crippen LogP) is 5.31. The van der Waals surface area contributed by atoms with Crippen LogP contribution in [0.4, 0.5) is 11.4 Å². The molecule has 0 aliphatic carbocycles. The molecule has 7 heteroatoms. The Kier molecular flexibility index (Phi) is 5.29. The van der Waals surface area contributed by atoms with Crippen molar-refractivity contribution in [3.05, 3.63) is 80.3 Å². The fourth-order valence-electron chi connectivity index (χ4n) is 2.51. The Morgan fingerprint density at radius 2 is 2.07 bits per heavy atom. The monoisotopic (exact) mass is 376 g/mol. The Balaban J connectivity index is 1.87. The van der Waals surface area contributed by atoms with Gasteiger partial charge in [-0.3, -0.25) is 10.1 Å². The molecule has 0 amide bonds. The molecule has 3 rings (SSSR count). The SMILES string of the molecule is Cc1cccc(N/C=C(\C#N)c2nc(-c3cccc([N+](=O)[O-])c3)cs2)c1C. The lowest BCUT2D eigenvalue weighted by molar-refractivity contribution is -0.384. The van der Waals surface area contributed by atoms with Gasteiger partial charge < -0.3 is 5.32 Å². The summed E-state index contributed by atoms with van der Waals surface area (Å²) in [6.07, 6.45) is 1.64. The average Bonchev–Trinajstić information content (AvgIpc) is 3.15. The number of aromatic nitrogens is 1. The topological polar surface area (TPSA) is 91.8 Å². The van der Waals surface area contributed by atoms with Crippen molar-refractivity contribution in [2.24, 2.45) is 0 Å². The fourth-order valence-corrected chi connectivity index (χ4v) is 3.30. The molecular formula is C20H16N4O2S. The van der Waals surface area contributed by atoms with Crippen molar-refractivity contribution in [2.75, 3.05) is 5.32 Å². The summed E-state index contributed by atoms with van der Waals surface area (Å²) >= 11 is 1.32. The number of nitrogens with zero attached hydrogens (tertiary/aromatic N) is 3. The molecule has 27 heavy (non-hydrogen) atoms. The lowest BCUT2D eigenvalue weighted by atomic mass is 10.1. The van der Waals surface area contributed by atoms with Gasteiger partial charge in [0.05, 0.1) is 10.6 Å². The molecule has 1 aromatic heterocycles. The van der Waals surface area contributed by atoms with Crippen LogP contribution >= 0.6 is 11.3 Å². The zero-order chi connectivity index (χ0) is 19.4. The first kappa shape index (κ1) is 18.3. The van der Waals surface area contributed by atoms with E-state index in [-0.39, 0.29) is 5.69 Å². The number of hydrogen-bond donors (Lipinski definition) is 1. The molecule has 134 valence electrons. The van der Waals surface area contributed by atoms with E-state index in [1.165, 1.54) is 23.5 Å². The van der Waals surface area contributed by atoms with Crippen LogP contribution in [0.3, 0.4) is 0 Å². The number of non-ortho nitro benzene ring substituents is 1. The Morgan fingerprint density at radius 3 is 2.81 bits per heavy atom. The largest absolute Gasteiger partial charge is 0.360 e. The number of thiazole rings is 1. The maximum atomic E-state index is 10.9. The third kappa shape index (κ3) is 4.02. The summed E-state index contributed by atoms with van der Waals surface area (Å²) in [4.78, 5) is 15.0. The van der Waals surface area contributed by atoms with Gasteiger partial charge in [-0.1, -0.05) is 24.3 Å². The van der Waals surface area contributed by atoms with E-state index < -0.39 is 4.92 Å². The van der Waals surface area contributed by atoms with E-state index in [9.17, 15) is 15.4 Å². The van der Waals surface area contributed by atoms with Crippen molar-refractivity contribution in [1.82, 2.24) is 4.98 Å². The van der Waals surface area contributed by atoms with Gasteiger partial charge in [-0.25, -0.2) is 4.98 Å². The highest BCUT2D eigenvalue weighted by Crippen LogP contribution is 2.28. The number of nitrogens with one attached hydrogen (secondary N) is 1. The number of rotatable bonds is 5. The van der Waals surface area contributed by atoms with Gasteiger partial charge in [0.2, 0.25) is 0 Å². The molecular weight excluding hydrogens is 360 g/mol. The van der Waals surface area contributed by atoms with Crippen molar-refractivity contribution >= 4 is 28.3 Å². The van der Waals surface area contributed by atoms with Gasteiger partial charge in [-0.05, 0) is 31.0 Å². The number of aryl methyl sites for hydroxylation is 1. The Morgan fingerprint density at radius 1 is 1.30 bits per heavy atom. The smallest absolute Gasteiger partial charge is 0.270 e. The lowest BCUT2D eigenvalue weighted by Gasteiger charge is -2.08. The maximum Gasteiger partial charge on any atom is 0.270 e. The number of allylic oxidation sites excluding steroid dienone is 1. The number of nitro groups is 1. The van der Waals surface area contributed by atoms with Crippen LogP contribution in [-0.4, -0.2) is 9.91 Å². The van der Waals surface area contributed by atoms with Crippen LogP contribution in [0.15, 0.2) is 54.0 Å². The summed E-state index contributed by atoms with van der Waals surface area (Å²) in [6.45, 7) is 4.04. The van der Waals surface area contributed by atoms with Crippen LogP contribution in [0.2, 0.25) is 0 Å². The normalized spacial score (nSPS) is 11.1. The summed E-state index contributed by atoms with van der Waals surface area (Å²) in [5.41, 5.74) is 4.86. The molecule has 1 heterocycles. The highest BCUT2D eigenvalue weighted by molar-refractivity contribution is 7.11. The quantitative estimate of drug-likeness (QED) is 0.370. The van der Waals surface area contributed by atoms with E-state index in [4.69, 9.17) is 0 Å². The van der Waals surface area contributed by atoms with Crippen LogP contribution in [-0.2, 0) is 0 Å². The molecule has 0 aliphatic heterocycles. The van der Waals surface area contributed by atoms with Crippen molar-refractivity contribution in [1.29, 1.82) is 5.26 Å². The third-order valence-electron chi connectivity index (χ3n) is 4.18. The van der Waals surface area contributed by atoms with Gasteiger partial charge in [0.1, 0.15) is 16.6 Å². The first-order valence-electron chi connectivity index (χ1n) is 8.13. The Labute approximate surface area is 160 Å². The summed E-state index contributed by atoms with van der Waals surface area (Å²) < 4.78 is 0. The van der Waals surface area contributed by atoms with Crippen molar-refractivity contribution in [2.45, 2.75) is 13.8 Å². The lowest BCUT2D eigenvalue weighted by Crippen LogP contribution is -1.95. The molecule has 0 atom stereocenters. The number of benzene rings is 2. The highest BCUT2D eigenvalue weighted by atomic mass is 32.1. The van der Waals surface area contributed by atoms with Gasteiger partial charge in [-0.2, -0.15) is 5.26 Å². The van der Waals surface area contributed by atoms with Gasteiger partial charge in [-0.15, -0.1) is 11.3 Å². The summed E-state index contributed by atoms with van der Waals surface area (Å²) in [5.74, 6) is 0. The van der Waals surface area contributed by atoms with Crippen LogP contribution in [0.25, 0.3) is 16.8 Å². The second-order valence-corrected chi connectivity index (χ2v) is 6.77. The summed E-state index contributed by atoms with van der Waals surface area (Å²) in [7, 11) is 0. The molecule has 6 nitrogen and oxygen atoms in total. The third-order valence-corrected chi connectivity index (χ3v) is 5.06. The molecule has 0 fully saturated rings. The van der Waals surface area contributed by atoms with Crippen LogP contribution in [0, 0.1) is 35.3 Å². The van der Waals surface area contributed by atoms with Crippen LogP contribution in [0.5, 0.6) is 0 Å². The van der Waals surface area contributed by atoms with E-state index in [0.717, 1.165) is 16.8 Å². The minimum Gasteiger partial charge on any atom is -0.360 e. The first-order valence-corrected chi connectivity index (χ1v) is 9.01. The van der Waals surface area contributed by atoms with E-state index in [1.54, 1.807) is 23.7 Å². The second-order valence-electron chi connectivity index (χ2n) is 5.91. The van der Waals surface area contributed by atoms with E-state index in [0.29, 0.717) is 21.8 Å². The van der Waals surface area contributed by atoms with Crippen molar-refractivity contribution in [3.63, 3.8) is 0 Å². The molecule has 0 bridgehead atoms. The van der Waals surface area contributed by atoms with Gasteiger partial charge >= 0.3 is 0 Å². The van der Waals surface area contributed by atoms with Gasteiger partial charge in [0.15, 0.2) is 0 Å².